The first-order valence-electron chi connectivity index (χ1n) is 3.25. The molecule has 0 aliphatic heterocycles. The van der Waals surface area contributed by atoms with Crippen molar-refractivity contribution in [3.05, 3.63) is 35.4 Å². The van der Waals surface area contributed by atoms with Crippen molar-refractivity contribution >= 4 is 11.0 Å². The van der Waals surface area contributed by atoms with Gasteiger partial charge in [-0.05, 0) is 12.1 Å². The summed E-state index contributed by atoms with van der Waals surface area (Å²) in [5, 5.41) is 0. The summed E-state index contributed by atoms with van der Waals surface area (Å²) in [4.78, 5) is 8.74. The topological polar surface area (TPSA) is 68.0 Å². The summed E-state index contributed by atoms with van der Waals surface area (Å²) in [5.74, 6) is 0. The molecule has 0 spiro atoms. The molecule has 0 bridgehead atoms. The lowest BCUT2D eigenvalue weighted by Gasteiger charge is -1.77. The number of hydrogen-bond acceptors (Lipinski definition) is 0. The molecule has 1 heterocycles. The molecule has 2 aromatic rings. The minimum atomic E-state index is 0.367. The summed E-state index contributed by atoms with van der Waals surface area (Å²) in [7, 11) is 0. The third-order valence-electron chi connectivity index (χ3n) is 1.53. The molecule has 11 heavy (non-hydrogen) atoms. The van der Waals surface area contributed by atoms with Crippen LogP contribution in [0.4, 0.5) is 0 Å². The van der Waals surface area contributed by atoms with Crippen molar-refractivity contribution in [1.29, 1.82) is 0 Å². The van der Waals surface area contributed by atoms with Crippen LogP contribution in [0.15, 0.2) is 24.3 Å². The molecular formula is C7H6N4. The van der Waals surface area contributed by atoms with Crippen LogP contribution in [0.1, 0.15) is 0 Å². The number of H-pyrrole nitrogens is 2. The Bertz CT molecular complexity index is 422. The van der Waals surface area contributed by atoms with Gasteiger partial charge in [-0.3, -0.25) is 0 Å². The Hall–Kier alpha value is -1.80. The molecule has 0 aliphatic rings. The zero-order chi connectivity index (χ0) is 7.68. The number of aromatic nitrogens is 2. The molecule has 4 heteroatoms. The van der Waals surface area contributed by atoms with Gasteiger partial charge in [-0.2, -0.15) is 0 Å². The molecule has 0 radical (unpaired) electrons. The lowest BCUT2D eigenvalue weighted by Crippen LogP contribution is -2.05. The fourth-order valence-corrected chi connectivity index (χ4v) is 1.04. The van der Waals surface area contributed by atoms with Crippen molar-refractivity contribution in [2.45, 2.75) is 0 Å². The second-order valence-electron chi connectivity index (χ2n) is 2.24. The Labute approximate surface area is 62.1 Å². The van der Waals surface area contributed by atoms with Gasteiger partial charge in [0.15, 0.2) is 0 Å². The number of nitrogens with one attached hydrogen (secondary N) is 2. The quantitative estimate of drug-likeness (QED) is 0.404. The number of nitrogens with zero attached hydrogens (tertiary/aromatic N) is 2. The van der Waals surface area contributed by atoms with Gasteiger partial charge in [0.05, 0.1) is 0 Å². The van der Waals surface area contributed by atoms with Gasteiger partial charge in [-0.15, -0.1) is 0 Å². The van der Waals surface area contributed by atoms with E-state index in [1.807, 2.05) is 24.3 Å². The normalized spacial score (nSPS) is 9.82. The van der Waals surface area contributed by atoms with Crippen LogP contribution < -0.4 is 5.62 Å². The smallest absolute Gasteiger partial charge is 0.433 e. The molecule has 0 amide bonds. The predicted molar refractivity (Wildman–Crippen MR) is 39.4 cm³/mol. The Balaban J connectivity index is 3.00. The molecule has 54 valence electrons. The second-order valence-corrected chi connectivity index (χ2v) is 2.24. The third-order valence-corrected chi connectivity index (χ3v) is 1.53. The van der Waals surface area contributed by atoms with Gasteiger partial charge in [0.2, 0.25) is 0 Å². The van der Waals surface area contributed by atoms with E-state index in [2.05, 4.69) is 14.8 Å². The van der Waals surface area contributed by atoms with Crippen molar-refractivity contribution in [3.63, 3.8) is 0 Å². The Morgan fingerprint density at radius 1 is 1.09 bits per heavy atom. The Morgan fingerprint density at radius 3 is 2.09 bits per heavy atom. The van der Waals surface area contributed by atoms with Crippen LogP contribution in [-0.4, -0.2) is 14.8 Å². The van der Waals surface area contributed by atoms with Gasteiger partial charge >= 0.3 is 5.62 Å². The Kier molecular flexibility index (Phi) is 1.14. The van der Waals surface area contributed by atoms with E-state index >= 15 is 0 Å². The molecule has 0 saturated carbocycles. The number of hydrogen-bond donors (Lipinski definition) is 2. The van der Waals surface area contributed by atoms with Crippen LogP contribution in [-0.2, 0) is 0 Å². The monoisotopic (exact) mass is 146 g/mol. The number of aromatic amines is 2. The average molecular weight is 146 g/mol. The lowest BCUT2D eigenvalue weighted by atomic mass is 10.3. The molecule has 0 fully saturated rings. The van der Waals surface area contributed by atoms with E-state index in [1.165, 1.54) is 0 Å². The van der Waals surface area contributed by atoms with Crippen LogP contribution in [0.2, 0.25) is 0 Å². The molecule has 0 aliphatic carbocycles. The van der Waals surface area contributed by atoms with E-state index in [-0.39, 0.29) is 0 Å². The predicted octanol–water partition coefficient (Wildman–Crippen LogP) is 0.627. The summed E-state index contributed by atoms with van der Waals surface area (Å²) in [6.07, 6.45) is 0. The number of imidazole rings is 1. The summed E-state index contributed by atoms with van der Waals surface area (Å²) in [6, 6.07) is 7.63. The second kappa shape index (κ2) is 2.11. The fourth-order valence-electron chi connectivity index (χ4n) is 1.04. The van der Waals surface area contributed by atoms with E-state index in [0.29, 0.717) is 5.62 Å². The van der Waals surface area contributed by atoms with E-state index in [1.54, 1.807) is 0 Å². The van der Waals surface area contributed by atoms with Crippen LogP contribution >= 0.6 is 0 Å². The molecule has 2 N–H and O–H groups in total. The molecule has 0 atom stereocenters. The highest BCUT2D eigenvalue weighted by Gasteiger charge is 1.98. The van der Waals surface area contributed by atoms with Crippen molar-refractivity contribution in [2.75, 3.05) is 0 Å². The molecular weight excluding hydrogens is 140 g/mol. The van der Waals surface area contributed by atoms with Gasteiger partial charge in [-0.1, -0.05) is 12.1 Å². The van der Waals surface area contributed by atoms with Gasteiger partial charge in [0.25, 0.3) is 0 Å². The fraction of sp³-hybridized carbons (Fsp3) is 0. The van der Waals surface area contributed by atoms with E-state index in [0.717, 1.165) is 11.0 Å². The summed E-state index contributed by atoms with van der Waals surface area (Å²) >= 11 is 0. The summed E-state index contributed by atoms with van der Waals surface area (Å²) in [6.45, 7) is 0. The van der Waals surface area contributed by atoms with E-state index < -0.39 is 0 Å². The summed E-state index contributed by atoms with van der Waals surface area (Å²) < 4.78 is 0. The van der Waals surface area contributed by atoms with Crippen LogP contribution in [0.3, 0.4) is 0 Å². The molecule has 0 saturated heterocycles. The van der Waals surface area contributed by atoms with E-state index in [4.69, 9.17) is 5.53 Å². The molecule has 0 unspecified atom stereocenters. The maximum atomic E-state index is 8.40. The minimum absolute atomic E-state index is 0.367. The molecule has 2 rings (SSSR count). The third kappa shape index (κ3) is 0.855. The zero-order valence-electron chi connectivity index (χ0n) is 5.70. The molecule has 4 nitrogen and oxygen atoms in total. The maximum absolute atomic E-state index is 8.40. The number of benzene rings is 1. The zero-order valence-corrected chi connectivity index (χ0v) is 5.70. The standard InChI is InChI=1S/C7H6N4/c8-11-7-9-5-3-1-2-4-6(5)10-7/h1-4,9-10H. The molecule has 1 aromatic carbocycles. The number of rotatable bonds is 0. The average Bonchev–Trinajstić information content (AvgIpc) is 2.46. The molecule has 1 aromatic heterocycles. The summed E-state index contributed by atoms with van der Waals surface area (Å²) in [5.41, 5.74) is 10.6. The minimum Gasteiger partial charge on any atom is -0.543 e. The van der Waals surface area contributed by atoms with Gasteiger partial charge in [-0.25, -0.2) is 9.97 Å². The SMILES string of the molecule is [N-]=[N+]=c1[nH]c2ccccc2[nH]1. The van der Waals surface area contributed by atoms with Crippen LogP contribution in [0, 0.1) is 0 Å². The van der Waals surface area contributed by atoms with Crippen LogP contribution in [0.5, 0.6) is 0 Å². The van der Waals surface area contributed by atoms with Gasteiger partial charge in [0.1, 0.15) is 11.0 Å². The number of fused-ring (bicyclic) bond motifs is 1. The van der Waals surface area contributed by atoms with Gasteiger partial charge in [0, 0.05) is 0 Å². The van der Waals surface area contributed by atoms with E-state index in [9.17, 15) is 0 Å². The van der Waals surface area contributed by atoms with Crippen LogP contribution in [0.25, 0.3) is 16.6 Å². The maximum Gasteiger partial charge on any atom is 0.433 e. The largest absolute Gasteiger partial charge is 0.543 e. The Morgan fingerprint density at radius 2 is 1.64 bits per heavy atom. The van der Waals surface area contributed by atoms with Crippen molar-refractivity contribution in [2.24, 2.45) is 0 Å². The highest BCUT2D eigenvalue weighted by molar-refractivity contribution is 5.73. The lowest BCUT2D eigenvalue weighted by molar-refractivity contribution is -0.0776. The van der Waals surface area contributed by atoms with Crippen molar-refractivity contribution < 1.29 is 4.79 Å². The first kappa shape index (κ1) is 5.95. The highest BCUT2D eigenvalue weighted by Crippen LogP contribution is 2.03. The first-order valence-corrected chi connectivity index (χ1v) is 3.25. The van der Waals surface area contributed by atoms with Crippen molar-refractivity contribution in [1.82, 2.24) is 9.97 Å². The number of para-hydroxylation sites is 2. The van der Waals surface area contributed by atoms with Crippen molar-refractivity contribution in [3.8, 4) is 0 Å². The van der Waals surface area contributed by atoms with Gasteiger partial charge < -0.3 is 10.3 Å². The highest BCUT2D eigenvalue weighted by atomic mass is 15.0. The first-order chi connectivity index (χ1) is 5.40.